The van der Waals surface area contributed by atoms with Gasteiger partial charge in [-0.25, -0.2) is 0 Å². The van der Waals surface area contributed by atoms with Gasteiger partial charge in [0.25, 0.3) is 10.1 Å². The van der Waals surface area contributed by atoms with Crippen LogP contribution in [0.2, 0.25) is 0 Å². The van der Waals surface area contributed by atoms with E-state index in [1.807, 2.05) is 0 Å². The normalized spacial score (nSPS) is 12.1. The Morgan fingerprint density at radius 1 is 0.618 bits per heavy atom. The van der Waals surface area contributed by atoms with Crippen molar-refractivity contribution >= 4 is 16.0 Å². The number of nitrogens with zero attached hydrogens (tertiary/aromatic N) is 1. The van der Waals surface area contributed by atoms with E-state index in [0.717, 1.165) is 12.8 Å². The number of unbranched alkanes of at least 4 members (excludes halogenated alkanes) is 20. The summed E-state index contributed by atoms with van der Waals surface area (Å²) in [4.78, 5) is 3.83. The van der Waals surface area contributed by atoms with E-state index in [1.165, 1.54) is 122 Å². The van der Waals surface area contributed by atoms with Crippen molar-refractivity contribution in [2.45, 2.75) is 155 Å². The van der Waals surface area contributed by atoms with Gasteiger partial charge in [-0.15, -0.1) is 0 Å². The average Bonchev–Trinajstić information content (AvgIpc) is 2.77. The molecule has 7 heteroatoms. The van der Waals surface area contributed by atoms with Crippen LogP contribution in [0, 0.1) is 0 Å². The fourth-order valence-corrected chi connectivity index (χ4v) is 4.73. The summed E-state index contributed by atoms with van der Waals surface area (Å²) in [5, 5.41) is 11.6. The van der Waals surface area contributed by atoms with E-state index in [0.29, 0.717) is 6.42 Å². The zero-order chi connectivity index (χ0) is 24.5. The van der Waals surface area contributed by atoms with Crippen LogP contribution in [0.5, 0.6) is 0 Å². The minimum atomic E-state index is -3.94. The van der Waals surface area contributed by atoms with Crippen LogP contribution in [0.4, 0.5) is 0 Å². The first-order valence-corrected chi connectivity index (χ1v) is 15.7. The maximum Gasteiger partial charge on any atom is 1.00 e. The van der Waals surface area contributed by atoms with Crippen LogP contribution >= 0.6 is 0 Å². The van der Waals surface area contributed by atoms with E-state index >= 15 is 0 Å². The largest absolute Gasteiger partial charge is 1.00 e. The van der Waals surface area contributed by atoms with Gasteiger partial charge in [0.15, 0.2) is 0 Å². The Hall–Kier alpha value is 0.380. The van der Waals surface area contributed by atoms with Gasteiger partial charge in [-0.3, -0.25) is 4.55 Å². The molecule has 0 aromatic heterocycles. The Balaban J connectivity index is 0. The van der Waals surface area contributed by atoms with E-state index in [2.05, 4.69) is 11.9 Å². The van der Waals surface area contributed by atoms with Gasteiger partial charge < -0.3 is 10.1 Å². The molecular weight excluding hydrogens is 457 g/mol. The summed E-state index contributed by atoms with van der Waals surface area (Å²) in [6, 6.07) is 0. The Kier molecular flexibility index (Phi) is 30.0. The van der Waals surface area contributed by atoms with E-state index in [-0.39, 0.29) is 54.2 Å². The summed E-state index contributed by atoms with van der Waals surface area (Å²) < 4.78 is 29.8. The third-order valence-electron chi connectivity index (χ3n) is 6.34. The Morgan fingerprint density at radius 2 is 0.941 bits per heavy atom. The molecule has 0 atom stereocenters. The molecule has 0 saturated heterocycles. The maximum atomic E-state index is 11.6. The van der Waals surface area contributed by atoms with Crippen LogP contribution in [0.1, 0.15) is 155 Å². The van der Waals surface area contributed by atoms with Crippen molar-refractivity contribution in [2.24, 2.45) is 4.99 Å². The predicted molar refractivity (Wildman–Crippen MR) is 141 cm³/mol. The standard InChI is InChI=1S/C27H55NO4S.Na/c1-2-3-4-5-6-7-8-9-10-11-12-13-14-15-16-17-18-19-20-21-22-24-27(29)28-25-23-26-33(30,31)32;/h2-26H2,1H3,(H,28,29)(H,30,31,32);/q;+1/p-1. The molecule has 0 aliphatic carbocycles. The molecule has 0 spiro atoms. The van der Waals surface area contributed by atoms with Crippen molar-refractivity contribution in [1.29, 1.82) is 0 Å². The third kappa shape index (κ3) is 32.4. The molecule has 0 bridgehead atoms. The minimum Gasteiger partial charge on any atom is -0.862 e. The topological polar surface area (TPSA) is 89.8 Å². The van der Waals surface area contributed by atoms with Crippen molar-refractivity contribution in [3.8, 4) is 0 Å². The second-order valence-corrected chi connectivity index (χ2v) is 11.3. The minimum absolute atomic E-state index is 0. The molecule has 0 aromatic rings. The molecule has 0 aromatic carbocycles. The first kappa shape index (κ1) is 36.5. The van der Waals surface area contributed by atoms with Crippen molar-refractivity contribution in [3.05, 3.63) is 0 Å². The molecule has 0 unspecified atom stereocenters. The van der Waals surface area contributed by atoms with Gasteiger partial charge in [0.2, 0.25) is 0 Å². The molecule has 0 saturated carbocycles. The molecule has 198 valence electrons. The van der Waals surface area contributed by atoms with E-state index < -0.39 is 10.1 Å². The maximum absolute atomic E-state index is 11.6. The summed E-state index contributed by atoms with van der Waals surface area (Å²) in [7, 11) is -3.94. The number of aliphatic imine (C=N–C) groups is 1. The third-order valence-corrected chi connectivity index (χ3v) is 7.15. The first-order valence-electron chi connectivity index (χ1n) is 14.1. The van der Waals surface area contributed by atoms with Crippen molar-refractivity contribution in [2.75, 3.05) is 12.3 Å². The second-order valence-electron chi connectivity index (χ2n) is 9.74. The smallest absolute Gasteiger partial charge is 0.862 e. The van der Waals surface area contributed by atoms with Crippen LogP contribution in [-0.2, 0) is 10.1 Å². The Bertz CT molecular complexity index is 541. The molecule has 0 radical (unpaired) electrons. The quantitative estimate of drug-likeness (QED) is 0.0603. The first-order chi connectivity index (χ1) is 16.0. The number of hydrogen-bond donors (Lipinski definition) is 1. The van der Waals surface area contributed by atoms with E-state index in [1.54, 1.807) is 0 Å². The van der Waals surface area contributed by atoms with Crippen molar-refractivity contribution in [3.63, 3.8) is 0 Å². The number of rotatable bonds is 26. The van der Waals surface area contributed by atoms with Crippen molar-refractivity contribution in [1.82, 2.24) is 0 Å². The molecular formula is C27H54NNaO4S. The molecule has 0 fully saturated rings. The zero-order valence-corrected chi connectivity index (χ0v) is 25.5. The van der Waals surface area contributed by atoms with Crippen LogP contribution in [0.25, 0.3) is 0 Å². The van der Waals surface area contributed by atoms with Gasteiger partial charge in [-0.05, 0) is 25.2 Å². The molecule has 0 rings (SSSR count). The summed E-state index contributed by atoms with van der Waals surface area (Å²) >= 11 is 0. The zero-order valence-electron chi connectivity index (χ0n) is 22.7. The molecule has 1 N–H and O–H groups in total. The van der Waals surface area contributed by atoms with E-state index in [4.69, 9.17) is 4.55 Å². The van der Waals surface area contributed by atoms with Crippen molar-refractivity contribution < 1.29 is 47.6 Å². The second kappa shape index (κ2) is 28.0. The fraction of sp³-hybridized carbons (Fsp3) is 0.963. The van der Waals surface area contributed by atoms with Gasteiger partial charge >= 0.3 is 29.6 Å². The summed E-state index contributed by atoms with van der Waals surface area (Å²) in [6.45, 7) is 2.46. The molecule has 0 aliphatic rings. The van der Waals surface area contributed by atoms with Crippen LogP contribution in [0.15, 0.2) is 4.99 Å². The van der Waals surface area contributed by atoms with Crippen LogP contribution < -0.4 is 34.7 Å². The van der Waals surface area contributed by atoms with Crippen LogP contribution in [-0.4, -0.2) is 31.2 Å². The fourth-order valence-electron chi connectivity index (χ4n) is 4.24. The van der Waals surface area contributed by atoms with Gasteiger partial charge in [0.05, 0.1) is 5.75 Å². The molecule has 34 heavy (non-hydrogen) atoms. The predicted octanol–water partition coefficient (Wildman–Crippen LogP) is 4.63. The molecule has 0 heterocycles. The molecule has 0 amide bonds. The Labute approximate surface area is 234 Å². The number of hydrogen-bond acceptors (Lipinski definition) is 4. The van der Waals surface area contributed by atoms with E-state index in [9.17, 15) is 13.5 Å². The average molecular weight is 512 g/mol. The molecule has 5 nitrogen and oxygen atoms in total. The van der Waals surface area contributed by atoms with Gasteiger partial charge in [0, 0.05) is 6.54 Å². The molecule has 0 aliphatic heterocycles. The summed E-state index contributed by atoms with van der Waals surface area (Å²) in [5.41, 5.74) is 0. The van der Waals surface area contributed by atoms with Gasteiger partial charge in [-0.2, -0.15) is 8.42 Å². The summed E-state index contributed by atoms with van der Waals surface area (Å²) in [5.74, 6) is -0.480. The van der Waals surface area contributed by atoms with Crippen LogP contribution in [0.3, 0.4) is 0 Å². The summed E-state index contributed by atoms with van der Waals surface area (Å²) in [6.07, 6.45) is 28.8. The SMILES string of the molecule is CCCCCCCCCCCCCCCCCCCCCCCC([O-])=NCCCS(=O)(=O)O.[Na+]. The monoisotopic (exact) mass is 511 g/mol. The van der Waals surface area contributed by atoms with Gasteiger partial charge in [0.1, 0.15) is 0 Å². The van der Waals surface area contributed by atoms with Gasteiger partial charge in [-0.1, -0.05) is 135 Å². The Morgan fingerprint density at radius 3 is 1.26 bits per heavy atom.